The first-order valence-corrected chi connectivity index (χ1v) is 14.2. The zero-order valence-corrected chi connectivity index (χ0v) is 21.2. The number of amides is 2. The van der Waals surface area contributed by atoms with Crippen LogP contribution in [0.2, 0.25) is 0 Å². The number of carbonyl (C=O) groups excluding carboxylic acids is 1. The average molecular weight is 503 g/mol. The Hall–Kier alpha value is -1.73. The van der Waals surface area contributed by atoms with Gasteiger partial charge in [0.1, 0.15) is 0 Å². The minimum atomic E-state index is -3.65. The maximum Gasteiger partial charge on any atom is 0.321 e. The molecule has 2 unspecified atom stereocenters. The lowest BCUT2D eigenvalue weighted by molar-refractivity contribution is -0.0440. The molecule has 12 heteroatoms. The van der Waals surface area contributed by atoms with Gasteiger partial charge in [0.25, 0.3) is 0 Å². The number of hydrogen-bond donors (Lipinski definition) is 2. The lowest BCUT2D eigenvalue weighted by Gasteiger charge is -2.34. The van der Waals surface area contributed by atoms with E-state index in [2.05, 4.69) is 10.0 Å². The first-order chi connectivity index (χ1) is 15.4. The summed E-state index contributed by atoms with van der Waals surface area (Å²) in [4.78, 5) is 14.4. The molecule has 1 aromatic rings. The highest BCUT2D eigenvalue weighted by Gasteiger charge is 2.32. The largest absolute Gasteiger partial charge is 0.373 e. The van der Waals surface area contributed by atoms with Crippen molar-refractivity contribution in [1.82, 2.24) is 13.9 Å². The Morgan fingerprint density at radius 3 is 2.06 bits per heavy atom. The second-order valence-corrected chi connectivity index (χ2v) is 13.2. The molecule has 33 heavy (non-hydrogen) atoms. The zero-order chi connectivity index (χ0) is 24.4. The quantitative estimate of drug-likeness (QED) is 0.611. The monoisotopic (exact) mass is 502 g/mol. The summed E-state index contributed by atoms with van der Waals surface area (Å²) < 4.78 is 59.7. The normalized spacial score (nSPS) is 23.6. The van der Waals surface area contributed by atoms with Crippen LogP contribution < -0.4 is 10.0 Å². The predicted molar refractivity (Wildman–Crippen MR) is 126 cm³/mol. The van der Waals surface area contributed by atoms with Gasteiger partial charge in [-0.3, -0.25) is 0 Å². The summed E-state index contributed by atoms with van der Waals surface area (Å²) >= 11 is 0. The summed E-state index contributed by atoms with van der Waals surface area (Å²) in [6.07, 6.45) is 0.721. The van der Waals surface area contributed by atoms with E-state index < -0.39 is 25.3 Å². The van der Waals surface area contributed by atoms with Crippen LogP contribution in [-0.2, 0) is 24.8 Å². The summed E-state index contributed by atoms with van der Waals surface area (Å²) in [6.45, 7) is 8.40. The number of nitrogens with one attached hydrogen (secondary N) is 2. The molecule has 2 heterocycles. The number of sulfonamides is 2. The fraction of sp³-hybridized carbons (Fsp3) is 0.667. The van der Waals surface area contributed by atoms with Crippen LogP contribution >= 0.6 is 0 Å². The molecule has 1 aromatic carbocycles. The molecule has 186 valence electrons. The molecule has 0 radical (unpaired) electrons. The van der Waals surface area contributed by atoms with E-state index in [-0.39, 0.29) is 29.2 Å². The number of likely N-dealkylation sites (tertiary alicyclic amines) is 1. The van der Waals surface area contributed by atoms with Gasteiger partial charge in [-0.2, -0.15) is 4.31 Å². The Bertz CT molecular complexity index is 1030. The van der Waals surface area contributed by atoms with Crippen LogP contribution in [0, 0.1) is 0 Å². The van der Waals surface area contributed by atoms with Crippen LogP contribution in [0.5, 0.6) is 0 Å². The third-order valence-corrected chi connectivity index (χ3v) is 9.61. The number of urea groups is 1. The maximum atomic E-state index is 13.0. The Labute approximate surface area is 196 Å². The lowest BCUT2D eigenvalue weighted by Crippen LogP contribution is -2.48. The van der Waals surface area contributed by atoms with Gasteiger partial charge in [0, 0.05) is 37.9 Å². The molecule has 2 fully saturated rings. The summed E-state index contributed by atoms with van der Waals surface area (Å²) in [5.74, 6) is 0. The van der Waals surface area contributed by atoms with E-state index in [9.17, 15) is 21.6 Å². The molecule has 2 atom stereocenters. The highest BCUT2D eigenvalue weighted by atomic mass is 32.2. The fourth-order valence-electron chi connectivity index (χ4n) is 3.96. The summed E-state index contributed by atoms with van der Waals surface area (Å²) in [5.41, 5.74) is 0.491. The molecular formula is C21H34N4O6S2. The predicted octanol–water partition coefficient (Wildman–Crippen LogP) is 1.81. The van der Waals surface area contributed by atoms with Crippen LogP contribution in [0.1, 0.15) is 40.5 Å². The van der Waals surface area contributed by atoms with E-state index in [0.717, 1.165) is 0 Å². The number of carbonyl (C=O) groups is 1. The SMILES string of the molecule is CC1CN(S(=O)(=O)c2ccc(NC(=O)N3CCC(NS(=O)(=O)C(C)C)CC3)cc2)CC(C)O1. The summed E-state index contributed by atoms with van der Waals surface area (Å²) in [7, 11) is -6.99. The van der Waals surface area contributed by atoms with E-state index >= 15 is 0 Å². The Morgan fingerprint density at radius 2 is 1.55 bits per heavy atom. The molecule has 0 aromatic heterocycles. The minimum absolute atomic E-state index is 0.167. The Kier molecular flexibility index (Phi) is 8.05. The number of benzene rings is 1. The molecule has 2 aliphatic rings. The van der Waals surface area contributed by atoms with Crippen molar-refractivity contribution in [2.24, 2.45) is 0 Å². The van der Waals surface area contributed by atoms with Gasteiger partial charge in [-0.1, -0.05) is 0 Å². The van der Waals surface area contributed by atoms with Crippen LogP contribution in [0.3, 0.4) is 0 Å². The molecule has 2 aliphatic heterocycles. The molecule has 2 N–H and O–H groups in total. The van der Waals surface area contributed by atoms with E-state index in [4.69, 9.17) is 4.74 Å². The van der Waals surface area contributed by atoms with Gasteiger partial charge in [0.2, 0.25) is 20.0 Å². The Morgan fingerprint density at radius 1 is 1.00 bits per heavy atom. The van der Waals surface area contributed by atoms with Gasteiger partial charge in [-0.05, 0) is 64.8 Å². The third kappa shape index (κ3) is 6.44. The molecular weight excluding hydrogens is 468 g/mol. The highest BCUT2D eigenvalue weighted by Crippen LogP contribution is 2.23. The summed E-state index contributed by atoms with van der Waals surface area (Å²) in [5, 5.41) is 2.29. The average Bonchev–Trinajstić information content (AvgIpc) is 2.73. The molecule has 0 bridgehead atoms. The van der Waals surface area contributed by atoms with Crippen molar-refractivity contribution in [3.05, 3.63) is 24.3 Å². The molecule has 10 nitrogen and oxygen atoms in total. The first-order valence-electron chi connectivity index (χ1n) is 11.2. The number of rotatable bonds is 6. The van der Waals surface area contributed by atoms with Gasteiger partial charge in [0.15, 0.2) is 0 Å². The number of morpholine rings is 1. The molecule has 2 saturated heterocycles. The van der Waals surface area contributed by atoms with Crippen molar-refractivity contribution < 1.29 is 26.4 Å². The number of anilines is 1. The lowest BCUT2D eigenvalue weighted by atomic mass is 10.1. The van der Waals surface area contributed by atoms with Crippen molar-refractivity contribution >= 4 is 31.8 Å². The number of ether oxygens (including phenoxy) is 1. The van der Waals surface area contributed by atoms with Gasteiger partial charge >= 0.3 is 6.03 Å². The van der Waals surface area contributed by atoms with E-state index in [0.29, 0.717) is 44.7 Å². The molecule has 2 amide bonds. The number of piperidine rings is 1. The fourth-order valence-corrected chi connectivity index (χ4v) is 6.52. The van der Waals surface area contributed by atoms with Crippen LogP contribution in [0.25, 0.3) is 0 Å². The highest BCUT2D eigenvalue weighted by molar-refractivity contribution is 7.90. The van der Waals surface area contributed by atoms with E-state index in [1.165, 1.54) is 16.4 Å². The van der Waals surface area contributed by atoms with Crippen molar-refractivity contribution in [1.29, 1.82) is 0 Å². The molecule has 3 rings (SSSR count). The minimum Gasteiger partial charge on any atom is -0.373 e. The second-order valence-electron chi connectivity index (χ2n) is 9.01. The molecule has 0 aliphatic carbocycles. The standard InChI is InChI=1S/C21H34N4O6S2/c1-15(2)32(27,28)23-19-9-11-24(12-10-19)21(26)22-18-5-7-20(8-6-18)33(29,30)25-13-16(3)31-17(4)14-25/h5-8,15-17,19,23H,9-14H2,1-4H3,(H,22,26). The van der Waals surface area contributed by atoms with Crippen LogP contribution in [0.15, 0.2) is 29.2 Å². The van der Waals surface area contributed by atoms with Crippen LogP contribution in [0.4, 0.5) is 10.5 Å². The van der Waals surface area contributed by atoms with Gasteiger partial charge < -0.3 is 15.0 Å². The smallest absolute Gasteiger partial charge is 0.321 e. The van der Waals surface area contributed by atoms with E-state index in [1.807, 2.05) is 13.8 Å². The third-order valence-electron chi connectivity index (χ3n) is 5.86. The van der Waals surface area contributed by atoms with Crippen molar-refractivity contribution in [2.45, 2.75) is 68.9 Å². The molecule has 0 spiro atoms. The molecule has 0 saturated carbocycles. The van der Waals surface area contributed by atoms with Gasteiger partial charge in [0.05, 0.1) is 22.4 Å². The topological polar surface area (TPSA) is 125 Å². The zero-order valence-electron chi connectivity index (χ0n) is 19.5. The summed E-state index contributed by atoms with van der Waals surface area (Å²) in [6, 6.07) is 5.64. The van der Waals surface area contributed by atoms with Crippen molar-refractivity contribution in [3.8, 4) is 0 Å². The van der Waals surface area contributed by atoms with Crippen LogP contribution in [-0.4, -0.2) is 81.8 Å². The first kappa shape index (κ1) is 25.9. The second kappa shape index (κ2) is 10.3. The Balaban J connectivity index is 1.55. The van der Waals surface area contributed by atoms with Crippen molar-refractivity contribution in [2.75, 3.05) is 31.5 Å². The van der Waals surface area contributed by atoms with E-state index in [1.54, 1.807) is 30.9 Å². The van der Waals surface area contributed by atoms with Gasteiger partial charge in [-0.15, -0.1) is 0 Å². The van der Waals surface area contributed by atoms with Gasteiger partial charge in [-0.25, -0.2) is 26.4 Å². The number of hydrogen-bond acceptors (Lipinski definition) is 6. The van der Waals surface area contributed by atoms with Crippen molar-refractivity contribution in [3.63, 3.8) is 0 Å². The number of nitrogens with zero attached hydrogens (tertiary/aromatic N) is 2. The maximum absolute atomic E-state index is 13.0.